The number of pyridine rings is 1. The number of rotatable bonds is 5. The molecule has 0 unspecified atom stereocenters. The summed E-state index contributed by atoms with van der Waals surface area (Å²) >= 11 is 0. The summed E-state index contributed by atoms with van der Waals surface area (Å²) in [4.78, 5) is 14.3. The normalized spacial score (nSPS) is 10.2. The zero-order valence-corrected chi connectivity index (χ0v) is 10.2. The van der Waals surface area contributed by atoms with Crippen LogP contribution in [0.25, 0.3) is 0 Å². The first kappa shape index (κ1) is 13.0. The van der Waals surface area contributed by atoms with Gasteiger partial charge >= 0.3 is 0 Å². The number of nitro groups is 1. The third-order valence-electron chi connectivity index (χ3n) is 2.75. The molecule has 0 saturated carbocycles. The van der Waals surface area contributed by atoms with Crippen molar-refractivity contribution in [1.29, 1.82) is 0 Å². The van der Waals surface area contributed by atoms with Crippen LogP contribution in [0.15, 0.2) is 42.6 Å². The van der Waals surface area contributed by atoms with Gasteiger partial charge in [0.05, 0.1) is 11.0 Å². The molecule has 0 amide bonds. The van der Waals surface area contributed by atoms with Gasteiger partial charge in [-0.25, -0.2) is 4.98 Å². The van der Waals surface area contributed by atoms with Crippen LogP contribution in [0.2, 0.25) is 0 Å². The highest BCUT2D eigenvalue weighted by Gasteiger charge is 2.07. The van der Waals surface area contributed by atoms with Gasteiger partial charge in [-0.2, -0.15) is 0 Å². The van der Waals surface area contributed by atoms with E-state index in [9.17, 15) is 10.1 Å². The molecule has 2 aromatic rings. The second kappa shape index (κ2) is 5.92. The lowest BCUT2D eigenvalue weighted by atomic mass is 10.1. The van der Waals surface area contributed by atoms with Crippen LogP contribution in [0.5, 0.6) is 0 Å². The van der Waals surface area contributed by atoms with Gasteiger partial charge in [0, 0.05) is 25.4 Å². The minimum Gasteiger partial charge on any atom is -0.366 e. The van der Waals surface area contributed by atoms with Crippen LogP contribution in [-0.2, 0) is 13.1 Å². The van der Waals surface area contributed by atoms with Crippen LogP contribution in [0.4, 0.5) is 11.5 Å². The fourth-order valence-electron chi connectivity index (χ4n) is 1.74. The highest BCUT2D eigenvalue weighted by molar-refractivity contribution is 5.45. The molecule has 1 heterocycles. The van der Waals surface area contributed by atoms with Crippen molar-refractivity contribution >= 4 is 11.5 Å². The number of anilines is 1. The van der Waals surface area contributed by atoms with Crippen molar-refractivity contribution in [3.63, 3.8) is 0 Å². The van der Waals surface area contributed by atoms with Crippen LogP contribution in [0.1, 0.15) is 11.1 Å². The summed E-state index contributed by atoms with van der Waals surface area (Å²) in [6.45, 7) is 0.988. The molecule has 0 atom stereocenters. The van der Waals surface area contributed by atoms with E-state index in [1.54, 1.807) is 0 Å². The Balaban J connectivity index is 2.10. The molecule has 0 aliphatic heterocycles. The molecule has 1 aromatic carbocycles. The monoisotopic (exact) mass is 258 g/mol. The minimum absolute atomic E-state index is 0.0182. The van der Waals surface area contributed by atoms with Gasteiger partial charge in [-0.15, -0.1) is 0 Å². The first-order valence-electron chi connectivity index (χ1n) is 5.82. The number of nitrogens with zero attached hydrogens (tertiary/aromatic N) is 2. The molecule has 0 fully saturated rings. The molecule has 0 radical (unpaired) electrons. The smallest absolute Gasteiger partial charge is 0.274 e. The Bertz CT molecular complexity index is 586. The van der Waals surface area contributed by atoms with Crippen LogP contribution < -0.4 is 11.1 Å². The Morgan fingerprint density at radius 3 is 2.68 bits per heavy atom. The summed E-state index contributed by atoms with van der Waals surface area (Å²) in [5.41, 5.74) is 7.76. The lowest BCUT2D eigenvalue weighted by Gasteiger charge is -2.09. The van der Waals surface area contributed by atoms with Crippen LogP contribution >= 0.6 is 0 Å². The number of nitrogens with one attached hydrogen (secondary N) is 1. The van der Waals surface area contributed by atoms with Gasteiger partial charge in [-0.3, -0.25) is 10.1 Å². The molecule has 0 aliphatic rings. The predicted octanol–water partition coefficient (Wildman–Crippen LogP) is 2.06. The highest BCUT2D eigenvalue weighted by Crippen LogP contribution is 2.16. The standard InChI is InChI=1S/C13H14N4O2/c14-8-10-3-1-2-4-11(10)9-16-13-7-12(17(18)19)5-6-15-13/h1-7H,8-9,14H2,(H,15,16). The van der Waals surface area contributed by atoms with E-state index in [-0.39, 0.29) is 5.69 Å². The van der Waals surface area contributed by atoms with E-state index in [0.29, 0.717) is 18.9 Å². The first-order chi connectivity index (χ1) is 9.20. The molecule has 98 valence electrons. The summed E-state index contributed by atoms with van der Waals surface area (Å²) in [6.07, 6.45) is 1.41. The lowest BCUT2D eigenvalue weighted by Crippen LogP contribution is -2.07. The van der Waals surface area contributed by atoms with Gasteiger partial charge in [0.1, 0.15) is 5.82 Å². The van der Waals surface area contributed by atoms with E-state index in [1.807, 2.05) is 24.3 Å². The first-order valence-corrected chi connectivity index (χ1v) is 5.82. The zero-order chi connectivity index (χ0) is 13.7. The van der Waals surface area contributed by atoms with Crippen LogP contribution in [-0.4, -0.2) is 9.91 Å². The SMILES string of the molecule is NCc1ccccc1CNc1cc([N+](=O)[O-])ccn1. The van der Waals surface area contributed by atoms with E-state index < -0.39 is 4.92 Å². The third kappa shape index (κ3) is 3.26. The second-order valence-electron chi connectivity index (χ2n) is 3.98. The summed E-state index contributed by atoms with van der Waals surface area (Å²) in [7, 11) is 0. The largest absolute Gasteiger partial charge is 0.366 e. The van der Waals surface area contributed by atoms with Gasteiger partial charge in [0.25, 0.3) is 5.69 Å². The molecule has 0 bridgehead atoms. The van der Waals surface area contributed by atoms with E-state index in [1.165, 1.54) is 18.3 Å². The molecule has 6 heteroatoms. The molecule has 19 heavy (non-hydrogen) atoms. The zero-order valence-electron chi connectivity index (χ0n) is 10.2. The Kier molecular flexibility index (Phi) is 4.04. The Labute approximate surface area is 110 Å². The van der Waals surface area contributed by atoms with Crippen molar-refractivity contribution in [1.82, 2.24) is 4.98 Å². The number of benzene rings is 1. The topological polar surface area (TPSA) is 94.1 Å². The number of hydrogen-bond acceptors (Lipinski definition) is 5. The van der Waals surface area contributed by atoms with Gasteiger partial charge in [0.2, 0.25) is 0 Å². The van der Waals surface area contributed by atoms with Crippen molar-refractivity contribution in [2.45, 2.75) is 13.1 Å². The maximum atomic E-state index is 10.7. The van der Waals surface area contributed by atoms with E-state index in [4.69, 9.17) is 5.73 Å². The molecule has 6 nitrogen and oxygen atoms in total. The average molecular weight is 258 g/mol. The van der Waals surface area contributed by atoms with Crippen molar-refractivity contribution in [2.24, 2.45) is 5.73 Å². The van der Waals surface area contributed by atoms with E-state index >= 15 is 0 Å². The molecule has 1 aromatic heterocycles. The summed E-state index contributed by atoms with van der Waals surface area (Å²) in [5.74, 6) is 0.473. The Morgan fingerprint density at radius 1 is 1.26 bits per heavy atom. The van der Waals surface area contributed by atoms with Gasteiger partial charge < -0.3 is 11.1 Å². The van der Waals surface area contributed by atoms with Crippen molar-refractivity contribution in [3.8, 4) is 0 Å². The predicted molar refractivity (Wildman–Crippen MR) is 72.6 cm³/mol. The molecular weight excluding hydrogens is 244 g/mol. The summed E-state index contributed by atoms with van der Waals surface area (Å²) in [6, 6.07) is 10.5. The fourth-order valence-corrected chi connectivity index (χ4v) is 1.74. The highest BCUT2D eigenvalue weighted by atomic mass is 16.6. The van der Waals surface area contributed by atoms with E-state index in [0.717, 1.165) is 11.1 Å². The second-order valence-corrected chi connectivity index (χ2v) is 3.98. The van der Waals surface area contributed by atoms with Crippen molar-refractivity contribution in [3.05, 3.63) is 63.8 Å². The van der Waals surface area contributed by atoms with E-state index in [2.05, 4.69) is 10.3 Å². The van der Waals surface area contributed by atoms with Gasteiger partial charge in [0.15, 0.2) is 0 Å². The van der Waals surface area contributed by atoms with Gasteiger partial charge in [-0.1, -0.05) is 24.3 Å². The van der Waals surface area contributed by atoms with Crippen LogP contribution in [0.3, 0.4) is 0 Å². The third-order valence-corrected chi connectivity index (χ3v) is 2.75. The number of aromatic nitrogens is 1. The molecule has 2 rings (SSSR count). The maximum absolute atomic E-state index is 10.7. The average Bonchev–Trinajstić information content (AvgIpc) is 2.45. The lowest BCUT2D eigenvalue weighted by molar-refractivity contribution is -0.384. The summed E-state index contributed by atoms with van der Waals surface area (Å²) in [5, 5.41) is 13.7. The quantitative estimate of drug-likeness (QED) is 0.632. The molecule has 0 spiro atoms. The van der Waals surface area contributed by atoms with Crippen molar-refractivity contribution in [2.75, 3.05) is 5.32 Å². The molecule has 0 saturated heterocycles. The minimum atomic E-state index is -0.444. The Morgan fingerprint density at radius 2 is 2.00 bits per heavy atom. The molecule has 0 aliphatic carbocycles. The van der Waals surface area contributed by atoms with Crippen molar-refractivity contribution < 1.29 is 4.92 Å². The Hall–Kier alpha value is -2.47. The fraction of sp³-hybridized carbons (Fsp3) is 0.154. The maximum Gasteiger partial charge on any atom is 0.274 e. The van der Waals surface area contributed by atoms with Crippen LogP contribution in [0, 0.1) is 10.1 Å². The number of nitrogens with two attached hydrogens (primary N) is 1. The molecule has 3 N–H and O–H groups in total. The molecular formula is C13H14N4O2. The van der Waals surface area contributed by atoms with Gasteiger partial charge in [-0.05, 0) is 11.1 Å². The number of hydrogen-bond donors (Lipinski definition) is 2. The summed E-state index contributed by atoms with van der Waals surface area (Å²) < 4.78 is 0.